The average Bonchev–Trinajstić information content (AvgIpc) is 3.01. The van der Waals surface area contributed by atoms with E-state index in [0.717, 1.165) is 17.7 Å². The molecule has 0 saturated heterocycles. The van der Waals surface area contributed by atoms with Crippen LogP contribution in [0.4, 0.5) is 5.69 Å². The standard InChI is InChI=1S/C18H18ClN5OS/c1-2-12-6-8-15(9-7-12)21-16(25)11-26-18-23-22-17(24(18)20)13-4-3-5-14(19)10-13/h3-10H,2,11,20H2,1H3,(H,21,25). The number of benzene rings is 2. The number of aromatic nitrogens is 3. The summed E-state index contributed by atoms with van der Waals surface area (Å²) in [5.74, 6) is 6.59. The van der Waals surface area contributed by atoms with Crippen LogP contribution in [0.1, 0.15) is 12.5 Å². The van der Waals surface area contributed by atoms with E-state index in [1.807, 2.05) is 36.4 Å². The Kier molecular flexibility index (Phi) is 5.80. The van der Waals surface area contributed by atoms with Crippen LogP contribution in [0, 0.1) is 0 Å². The lowest BCUT2D eigenvalue weighted by atomic mass is 10.1. The maximum Gasteiger partial charge on any atom is 0.234 e. The number of anilines is 1. The molecule has 0 aliphatic rings. The fourth-order valence-corrected chi connectivity index (χ4v) is 3.20. The van der Waals surface area contributed by atoms with E-state index in [4.69, 9.17) is 17.4 Å². The van der Waals surface area contributed by atoms with Crippen molar-refractivity contribution in [3.63, 3.8) is 0 Å². The van der Waals surface area contributed by atoms with E-state index in [-0.39, 0.29) is 11.7 Å². The minimum absolute atomic E-state index is 0.133. The number of hydrogen-bond donors (Lipinski definition) is 2. The van der Waals surface area contributed by atoms with Crippen molar-refractivity contribution in [1.29, 1.82) is 0 Å². The highest BCUT2D eigenvalue weighted by Crippen LogP contribution is 2.24. The maximum absolute atomic E-state index is 12.1. The highest BCUT2D eigenvalue weighted by Gasteiger charge is 2.14. The van der Waals surface area contributed by atoms with Crippen LogP contribution >= 0.6 is 23.4 Å². The van der Waals surface area contributed by atoms with Crippen molar-refractivity contribution in [1.82, 2.24) is 14.9 Å². The Morgan fingerprint density at radius 3 is 2.69 bits per heavy atom. The lowest BCUT2D eigenvalue weighted by Gasteiger charge is -2.06. The topological polar surface area (TPSA) is 85.8 Å². The Labute approximate surface area is 160 Å². The Morgan fingerprint density at radius 2 is 2.00 bits per heavy atom. The molecular weight excluding hydrogens is 370 g/mol. The first-order valence-electron chi connectivity index (χ1n) is 8.05. The SMILES string of the molecule is CCc1ccc(NC(=O)CSc2nnc(-c3cccc(Cl)c3)n2N)cc1. The summed E-state index contributed by atoms with van der Waals surface area (Å²) >= 11 is 7.22. The summed E-state index contributed by atoms with van der Waals surface area (Å²) in [6, 6.07) is 15.0. The van der Waals surface area contributed by atoms with Gasteiger partial charge in [-0.15, -0.1) is 10.2 Å². The molecule has 0 aliphatic carbocycles. The van der Waals surface area contributed by atoms with Crippen LogP contribution in [0.5, 0.6) is 0 Å². The first-order valence-corrected chi connectivity index (χ1v) is 9.41. The van der Waals surface area contributed by atoms with Crippen LogP contribution in [-0.2, 0) is 11.2 Å². The number of aryl methyl sites for hydroxylation is 1. The van der Waals surface area contributed by atoms with Crippen LogP contribution in [-0.4, -0.2) is 26.5 Å². The van der Waals surface area contributed by atoms with Crippen molar-refractivity contribution in [2.24, 2.45) is 0 Å². The summed E-state index contributed by atoms with van der Waals surface area (Å²) in [5, 5.41) is 12.0. The molecule has 1 amide bonds. The summed E-state index contributed by atoms with van der Waals surface area (Å²) in [4.78, 5) is 12.1. The van der Waals surface area contributed by atoms with Crippen LogP contribution in [0.2, 0.25) is 5.02 Å². The Balaban J connectivity index is 1.61. The molecule has 0 aliphatic heterocycles. The molecule has 2 aromatic carbocycles. The number of carbonyl (C=O) groups excluding carboxylic acids is 1. The van der Waals surface area contributed by atoms with Crippen molar-refractivity contribution in [2.75, 3.05) is 16.9 Å². The molecule has 3 N–H and O–H groups in total. The molecule has 1 aromatic heterocycles. The number of rotatable bonds is 6. The zero-order valence-corrected chi connectivity index (χ0v) is 15.7. The normalized spacial score (nSPS) is 10.7. The van der Waals surface area contributed by atoms with Crippen LogP contribution in [0.15, 0.2) is 53.7 Å². The van der Waals surface area contributed by atoms with Gasteiger partial charge in [0.15, 0.2) is 5.82 Å². The summed E-state index contributed by atoms with van der Waals surface area (Å²) < 4.78 is 1.36. The smallest absolute Gasteiger partial charge is 0.234 e. The van der Waals surface area contributed by atoms with Crippen molar-refractivity contribution in [3.05, 3.63) is 59.1 Å². The van der Waals surface area contributed by atoms with Crippen molar-refractivity contribution >= 4 is 35.0 Å². The first-order chi connectivity index (χ1) is 12.6. The molecule has 26 heavy (non-hydrogen) atoms. The third-order valence-electron chi connectivity index (χ3n) is 3.73. The van der Waals surface area contributed by atoms with Gasteiger partial charge >= 0.3 is 0 Å². The molecule has 0 spiro atoms. The van der Waals surface area contributed by atoms with Gasteiger partial charge in [-0.3, -0.25) is 4.79 Å². The zero-order chi connectivity index (χ0) is 18.5. The van der Waals surface area contributed by atoms with Crippen molar-refractivity contribution in [2.45, 2.75) is 18.5 Å². The molecule has 3 aromatic rings. The van der Waals surface area contributed by atoms with Gasteiger partial charge in [-0.25, -0.2) is 4.68 Å². The number of nitrogens with zero attached hydrogens (tertiary/aromatic N) is 3. The van der Waals surface area contributed by atoms with E-state index in [1.54, 1.807) is 12.1 Å². The van der Waals surface area contributed by atoms with Crippen LogP contribution < -0.4 is 11.2 Å². The van der Waals surface area contributed by atoms with E-state index in [0.29, 0.717) is 16.0 Å². The minimum atomic E-state index is -0.133. The fourth-order valence-electron chi connectivity index (χ4n) is 2.35. The van der Waals surface area contributed by atoms with E-state index in [1.165, 1.54) is 22.0 Å². The quantitative estimate of drug-likeness (QED) is 0.498. The highest BCUT2D eigenvalue weighted by atomic mass is 35.5. The van der Waals surface area contributed by atoms with Crippen molar-refractivity contribution < 1.29 is 4.79 Å². The Bertz CT molecular complexity index is 910. The van der Waals surface area contributed by atoms with E-state index in [9.17, 15) is 4.79 Å². The third kappa shape index (κ3) is 4.36. The summed E-state index contributed by atoms with van der Waals surface area (Å²) in [7, 11) is 0. The summed E-state index contributed by atoms with van der Waals surface area (Å²) in [6.07, 6.45) is 0.963. The van der Waals surface area contributed by atoms with Gasteiger partial charge in [0.25, 0.3) is 0 Å². The van der Waals surface area contributed by atoms with E-state index >= 15 is 0 Å². The fraction of sp³-hybridized carbons (Fsp3) is 0.167. The summed E-state index contributed by atoms with van der Waals surface area (Å²) in [6.45, 7) is 2.09. The second kappa shape index (κ2) is 8.25. The molecule has 0 radical (unpaired) electrons. The van der Waals surface area contributed by atoms with Gasteiger partial charge in [-0.1, -0.05) is 54.6 Å². The van der Waals surface area contributed by atoms with Crippen molar-refractivity contribution in [3.8, 4) is 11.4 Å². The summed E-state index contributed by atoms with van der Waals surface area (Å²) in [5.41, 5.74) is 2.75. The van der Waals surface area contributed by atoms with Gasteiger partial charge in [0.05, 0.1) is 5.75 Å². The molecule has 0 bridgehead atoms. The predicted octanol–water partition coefficient (Wildman–Crippen LogP) is 3.61. The highest BCUT2D eigenvalue weighted by molar-refractivity contribution is 7.99. The number of thioether (sulfide) groups is 1. The maximum atomic E-state index is 12.1. The number of halogens is 1. The Hall–Kier alpha value is -2.51. The van der Waals surface area contributed by atoms with Crippen LogP contribution in [0.25, 0.3) is 11.4 Å². The molecule has 3 rings (SSSR count). The van der Waals surface area contributed by atoms with Gasteiger partial charge < -0.3 is 11.2 Å². The second-order valence-corrected chi connectivity index (χ2v) is 6.95. The van der Waals surface area contributed by atoms with Gasteiger partial charge in [-0.05, 0) is 36.2 Å². The lowest BCUT2D eigenvalue weighted by molar-refractivity contribution is -0.113. The number of nitrogens with two attached hydrogens (primary N) is 1. The van der Waals surface area contributed by atoms with Crippen LogP contribution in [0.3, 0.4) is 0 Å². The lowest BCUT2D eigenvalue weighted by Crippen LogP contribution is -2.16. The van der Waals surface area contributed by atoms with Gasteiger partial charge in [0.2, 0.25) is 11.1 Å². The monoisotopic (exact) mass is 387 g/mol. The van der Waals surface area contributed by atoms with E-state index < -0.39 is 0 Å². The molecule has 0 fully saturated rings. The van der Waals surface area contributed by atoms with Gasteiger partial charge in [-0.2, -0.15) is 0 Å². The number of hydrogen-bond acceptors (Lipinski definition) is 5. The Morgan fingerprint density at radius 1 is 1.23 bits per heavy atom. The molecular formula is C18H18ClN5OS. The number of nitrogen functional groups attached to an aromatic ring is 1. The predicted molar refractivity (Wildman–Crippen MR) is 106 cm³/mol. The molecule has 0 atom stereocenters. The third-order valence-corrected chi connectivity index (χ3v) is 4.90. The van der Waals surface area contributed by atoms with E-state index in [2.05, 4.69) is 22.4 Å². The number of amides is 1. The molecule has 8 heteroatoms. The zero-order valence-electron chi connectivity index (χ0n) is 14.1. The molecule has 134 valence electrons. The largest absolute Gasteiger partial charge is 0.335 e. The van der Waals surface area contributed by atoms with Gasteiger partial charge in [0.1, 0.15) is 0 Å². The minimum Gasteiger partial charge on any atom is -0.335 e. The second-order valence-electron chi connectivity index (χ2n) is 5.57. The number of carbonyl (C=O) groups is 1. The molecule has 0 saturated carbocycles. The molecule has 1 heterocycles. The first kappa shape index (κ1) is 18.3. The average molecular weight is 388 g/mol. The van der Waals surface area contributed by atoms with Gasteiger partial charge in [0, 0.05) is 16.3 Å². The molecule has 6 nitrogen and oxygen atoms in total. The number of nitrogens with one attached hydrogen (secondary N) is 1. The molecule has 0 unspecified atom stereocenters.